The fraction of sp³-hybridized carbons (Fsp3) is 0.235. The number of benzene rings is 1. The lowest BCUT2D eigenvalue weighted by Crippen LogP contribution is -2.10. The highest BCUT2D eigenvalue weighted by Gasteiger charge is 2.33. The number of alkyl halides is 3. The van der Waals surface area contributed by atoms with Crippen LogP contribution < -0.4 is 10.6 Å². The molecular weight excluding hydrogens is 383 g/mol. The van der Waals surface area contributed by atoms with Gasteiger partial charge in [-0.15, -0.1) is 0 Å². The summed E-state index contributed by atoms with van der Waals surface area (Å²) >= 11 is 5.65. The van der Waals surface area contributed by atoms with Crippen LogP contribution in [0.3, 0.4) is 0 Å². The molecule has 27 heavy (non-hydrogen) atoms. The van der Waals surface area contributed by atoms with Crippen LogP contribution in [0.1, 0.15) is 28.8 Å². The Kier molecular flexibility index (Phi) is 4.18. The normalized spacial score (nSPS) is 14.4. The molecule has 2 heterocycles. The molecule has 1 saturated carbocycles. The summed E-state index contributed by atoms with van der Waals surface area (Å²) in [6, 6.07) is 5.45. The first-order valence-corrected chi connectivity index (χ1v) is 8.47. The van der Waals surface area contributed by atoms with Gasteiger partial charge in [0, 0.05) is 17.8 Å². The monoisotopic (exact) mass is 395 g/mol. The number of fused-ring (bicyclic) bond motifs is 1. The van der Waals surface area contributed by atoms with E-state index in [1.165, 1.54) is 22.8 Å². The third kappa shape index (κ3) is 3.55. The zero-order chi connectivity index (χ0) is 19.2. The van der Waals surface area contributed by atoms with Crippen molar-refractivity contribution in [1.29, 1.82) is 0 Å². The summed E-state index contributed by atoms with van der Waals surface area (Å²) in [6.45, 7) is 0. The summed E-state index contributed by atoms with van der Waals surface area (Å²) in [5.41, 5.74) is -0.176. The molecule has 0 aliphatic heterocycles. The van der Waals surface area contributed by atoms with Crippen LogP contribution in [0.4, 0.5) is 30.5 Å². The smallest absolute Gasteiger partial charge is 0.367 e. The van der Waals surface area contributed by atoms with E-state index in [1.807, 2.05) is 0 Å². The number of anilines is 3. The lowest BCUT2D eigenvalue weighted by Gasteiger charge is -2.14. The number of hydrogen-bond donors (Lipinski definition) is 2. The molecule has 1 fully saturated rings. The van der Waals surface area contributed by atoms with Gasteiger partial charge in [-0.1, -0.05) is 11.6 Å². The Morgan fingerprint density at radius 1 is 1.26 bits per heavy atom. The summed E-state index contributed by atoms with van der Waals surface area (Å²) in [5.74, 6) is 0.882. The molecule has 0 radical (unpaired) electrons. The number of hydrogen-bond acceptors (Lipinski definition) is 5. The molecule has 0 saturated heterocycles. The van der Waals surface area contributed by atoms with E-state index in [0.717, 1.165) is 18.9 Å². The lowest BCUT2D eigenvalue weighted by molar-refractivity contribution is -0.137. The van der Waals surface area contributed by atoms with E-state index in [4.69, 9.17) is 11.6 Å². The molecule has 2 aromatic heterocycles. The largest absolute Gasteiger partial charge is 0.417 e. The fourth-order valence-electron chi connectivity index (χ4n) is 2.63. The Balaban J connectivity index is 1.74. The molecule has 1 aliphatic rings. The number of rotatable bonds is 5. The van der Waals surface area contributed by atoms with Crippen LogP contribution in [0.15, 0.2) is 30.5 Å². The van der Waals surface area contributed by atoms with Crippen LogP contribution in [0, 0.1) is 0 Å². The Hall–Kier alpha value is -2.81. The molecule has 10 heteroatoms. The highest BCUT2D eigenvalue weighted by Crippen LogP contribution is 2.37. The number of nitrogens with zero attached hydrogens (tertiary/aromatic N) is 3. The van der Waals surface area contributed by atoms with Gasteiger partial charge in [-0.2, -0.15) is 22.8 Å². The molecule has 1 aliphatic carbocycles. The summed E-state index contributed by atoms with van der Waals surface area (Å²) in [5, 5.41) is 9.87. The number of carbonyl (C=O) groups excluding carboxylic acids is 1. The molecule has 0 unspecified atom stereocenters. The molecule has 0 bridgehead atoms. The van der Waals surface area contributed by atoms with E-state index in [1.54, 1.807) is 6.07 Å². The first-order chi connectivity index (χ1) is 12.8. The van der Waals surface area contributed by atoms with Crippen molar-refractivity contribution in [3.8, 4) is 0 Å². The van der Waals surface area contributed by atoms with Crippen LogP contribution in [0.5, 0.6) is 0 Å². The van der Waals surface area contributed by atoms with E-state index in [9.17, 15) is 18.0 Å². The van der Waals surface area contributed by atoms with Crippen molar-refractivity contribution in [1.82, 2.24) is 14.6 Å². The summed E-state index contributed by atoms with van der Waals surface area (Å²) in [7, 11) is 0. The highest BCUT2D eigenvalue weighted by atomic mass is 35.5. The van der Waals surface area contributed by atoms with E-state index in [-0.39, 0.29) is 22.1 Å². The average molecular weight is 396 g/mol. The van der Waals surface area contributed by atoms with Gasteiger partial charge >= 0.3 is 6.18 Å². The number of aldehydes is 1. The molecule has 2 N–H and O–H groups in total. The second-order valence-corrected chi connectivity index (χ2v) is 6.62. The van der Waals surface area contributed by atoms with Crippen molar-refractivity contribution in [2.45, 2.75) is 25.1 Å². The van der Waals surface area contributed by atoms with E-state index in [0.29, 0.717) is 23.8 Å². The van der Waals surface area contributed by atoms with Gasteiger partial charge < -0.3 is 10.6 Å². The van der Waals surface area contributed by atoms with Gasteiger partial charge in [-0.25, -0.2) is 4.98 Å². The van der Waals surface area contributed by atoms with Crippen LogP contribution >= 0.6 is 11.6 Å². The molecule has 140 valence electrons. The minimum absolute atomic E-state index is 0.174. The van der Waals surface area contributed by atoms with E-state index in [2.05, 4.69) is 20.7 Å². The van der Waals surface area contributed by atoms with Crippen molar-refractivity contribution >= 4 is 40.9 Å². The van der Waals surface area contributed by atoms with Crippen molar-refractivity contribution in [2.24, 2.45) is 0 Å². The summed E-state index contributed by atoms with van der Waals surface area (Å²) < 4.78 is 40.7. The minimum Gasteiger partial charge on any atom is -0.367 e. The Bertz CT molecular complexity index is 1030. The molecule has 0 spiro atoms. The summed E-state index contributed by atoms with van der Waals surface area (Å²) in [4.78, 5) is 15.5. The predicted octanol–water partition coefficient (Wildman–Crippen LogP) is 4.53. The number of carbonyl (C=O) groups is 1. The maximum absolute atomic E-state index is 13.1. The van der Waals surface area contributed by atoms with E-state index >= 15 is 0 Å². The first-order valence-electron chi connectivity index (χ1n) is 8.09. The third-order valence-electron chi connectivity index (χ3n) is 4.10. The molecule has 3 aromatic rings. The van der Waals surface area contributed by atoms with Gasteiger partial charge in [0.15, 0.2) is 11.9 Å². The second kappa shape index (κ2) is 6.41. The molecule has 0 atom stereocenters. The quantitative estimate of drug-likeness (QED) is 0.621. The number of halogens is 4. The standard InChI is InChI=1S/C17H13ClF3N5O/c18-13-4-3-11(5-12(13)17(19,20)21)23-14-6-15(24-10-1-2-10)26-16(25-14)9(8-27)7-22-26/h3-8,10,24H,1-2H2,(H,23,25). The van der Waals surface area contributed by atoms with Gasteiger partial charge in [-0.05, 0) is 31.0 Å². The Morgan fingerprint density at radius 3 is 2.70 bits per heavy atom. The Morgan fingerprint density at radius 2 is 2.04 bits per heavy atom. The van der Waals surface area contributed by atoms with Gasteiger partial charge in [0.2, 0.25) is 0 Å². The SMILES string of the molecule is O=Cc1cnn2c(NC3CC3)cc(Nc3ccc(Cl)c(C(F)(F)F)c3)nc12. The Labute approximate surface area is 156 Å². The van der Waals surface area contributed by atoms with Gasteiger partial charge in [0.25, 0.3) is 0 Å². The van der Waals surface area contributed by atoms with Crippen LogP contribution in [0.25, 0.3) is 5.65 Å². The van der Waals surface area contributed by atoms with Crippen molar-refractivity contribution < 1.29 is 18.0 Å². The second-order valence-electron chi connectivity index (χ2n) is 6.22. The third-order valence-corrected chi connectivity index (χ3v) is 4.43. The maximum atomic E-state index is 13.1. The number of nitrogens with one attached hydrogen (secondary N) is 2. The molecule has 6 nitrogen and oxygen atoms in total. The zero-order valence-corrected chi connectivity index (χ0v) is 14.5. The first kappa shape index (κ1) is 17.6. The van der Waals surface area contributed by atoms with Crippen LogP contribution in [-0.2, 0) is 6.18 Å². The van der Waals surface area contributed by atoms with Crippen molar-refractivity contribution in [3.05, 3.63) is 46.6 Å². The van der Waals surface area contributed by atoms with Gasteiger partial charge in [0.05, 0.1) is 22.3 Å². The average Bonchev–Trinajstić information content (AvgIpc) is 3.32. The summed E-state index contributed by atoms with van der Waals surface area (Å²) in [6.07, 6.45) is -0.521. The van der Waals surface area contributed by atoms with Crippen LogP contribution in [0.2, 0.25) is 5.02 Å². The lowest BCUT2D eigenvalue weighted by atomic mass is 10.2. The maximum Gasteiger partial charge on any atom is 0.417 e. The van der Waals surface area contributed by atoms with Crippen molar-refractivity contribution in [2.75, 3.05) is 10.6 Å². The molecular formula is C17H13ClF3N5O. The molecule has 1 aromatic carbocycles. The number of aromatic nitrogens is 3. The van der Waals surface area contributed by atoms with Gasteiger partial charge in [-0.3, -0.25) is 4.79 Å². The fourth-order valence-corrected chi connectivity index (χ4v) is 2.86. The van der Waals surface area contributed by atoms with Crippen LogP contribution in [-0.4, -0.2) is 26.9 Å². The minimum atomic E-state index is -4.57. The van der Waals surface area contributed by atoms with E-state index < -0.39 is 11.7 Å². The zero-order valence-electron chi connectivity index (χ0n) is 13.7. The molecule has 0 amide bonds. The highest BCUT2D eigenvalue weighted by molar-refractivity contribution is 6.31. The van der Waals surface area contributed by atoms with Gasteiger partial charge in [0.1, 0.15) is 11.6 Å². The topological polar surface area (TPSA) is 71.3 Å². The predicted molar refractivity (Wildman–Crippen MR) is 94.8 cm³/mol. The van der Waals surface area contributed by atoms with Crippen molar-refractivity contribution in [3.63, 3.8) is 0 Å². The molecule has 4 rings (SSSR count).